The van der Waals surface area contributed by atoms with Gasteiger partial charge in [-0.25, -0.2) is 14.4 Å². The number of hydrogen-bond donors (Lipinski definition) is 2. The normalized spacial score (nSPS) is 13.5. The van der Waals surface area contributed by atoms with Crippen LogP contribution < -0.4 is 11.1 Å². The van der Waals surface area contributed by atoms with Gasteiger partial charge in [0.2, 0.25) is 0 Å². The van der Waals surface area contributed by atoms with E-state index in [1.807, 2.05) is 20.8 Å². The van der Waals surface area contributed by atoms with Crippen LogP contribution in [0.5, 0.6) is 0 Å². The first-order valence-corrected chi connectivity index (χ1v) is 9.58. The van der Waals surface area contributed by atoms with Crippen molar-refractivity contribution in [2.75, 3.05) is 12.3 Å². The van der Waals surface area contributed by atoms with Gasteiger partial charge < -0.3 is 15.8 Å². The number of nitrogens with zero attached hydrogens (tertiary/aromatic N) is 2. The van der Waals surface area contributed by atoms with Gasteiger partial charge in [-0.3, -0.25) is 4.79 Å². The molecule has 1 amide bonds. The lowest BCUT2D eigenvalue weighted by Gasteiger charge is -2.15. The molecule has 0 aromatic carbocycles. The van der Waals surface area contributed by atoms with Crippen molar-refractivity contribution in [2.24, 2.45) is 0 Å². The minimum absolute atomic E-state index is 0.0253. The van der Waals surface area contributed by atoms with E-state index in [-0.39, 0.29) is 30.5 Å². The van der Waals surface area contributed by atoms with Crippen molar-refractivity contribution in [1.82, 2.24) is 15.3 Å². The van der Waals surface area contributed by atoms with E-state index in [2.05, 4.69) is 15.3 Å². The van der Waals surface area contributed by atoms with Gasteiger partial charge in [0.1, 0.15) is 18.1 Å². The van der Waals surface area contributed by atoms with E-state index < -0.39 is 5.91 Å². The molecule has 0 bridgehead atoms. The van der Waals surface area contributed by atoms with Gasteiger partial charge in [-0.2, -0.15) is 0 Å². The summed E-state index contributed by atoms with van der Waals surface area (Å²) in [5.74, 6) is -0.762. The SMILES string of the molecule is C/C=C\OCc1nc(N)c(C(=O)NCC(=C(/C)CC)/C(C)=C(F)\C=C/C)nc1C. The average molecular weight is 403 g/mol. The lowest BCUT2D eigenvalue weighted by molar-refractivity contribution is 0.0952. The second-order valence-corrected chi connectivity index (χ2v) is 6.54. The molecule has 3 N–H and O–H groups in total. The number of allylic oxidation sites excluding steroid dienone is 5. The molecule has 0 fully saturated rings. The summed E-state index contributed by atoms with van der Waals surface area (Å²) >= 11 is 0. The maximum atomic E-state index is 14.3. The average Bonchev–Trinajstić information content (AvgIpc) is 2.70. The first kappa shape index (κ1) is 24.1. The number of hydrogen-bond acceptors (Lipinski definition) is 5. The smallest absolute Gasteiger partial charge is 0.273 e. The standard InChI is InChI=1S/C22H31FN4O2/c1-7-10-18(23)15(5)17(14(4)9-3)12-25-22(28)20-21(24)27-19(16(6)26-20)13-29-11-8-2/h7-8,10-11H,9,12-13H2,1-6H3,(H2,24,27)(H,25,28)/b10-7-,11-8-,17-14+,18-15+. The van der Waals surface area contributed by atoms with Gasteiger partial charge in [-0.15, -0.1) is 0 Å². The highest BCUT2D eigenvalue weighted by Gasteiger charge is 2.17. The molecule has 0 aliphatic carbocycles. The van der Waals surface area contributed by atoms with E-state index in [0.717, 1.165) is 17.6 Å². The lowest BCUT2D eigenvalue weighted by Crippen LogP contribution is -2.29. The number of aryl methyl sites for hydroxylation is 1. The number of carbonyl (C=O) groups excluding carboxylic acids is 1. The molecule has 0 saturated heterocycles. The third kappa shape index (κ3) is 6.85. The number of halogens is 1. The number of carbonyl (C=O) groups is 1. The van der Waals surface area contributed by atoms with Crippen LogP contribution in [-0.4, -0.2) is 22.4 Å². The quantitative estimate of drug-likeness (QED) is 0.462. The van der Waals surface area contributed by atoms with Crippen LogP contribution in [0.4, 0.5) is 10.2 Å². The maximum Gasteiger partial charge on any atom is 0.273 e. The third-order valence-electron chi connectivity index (χ3n) is 4.46. The van der Waals surface area contributed by atoms with Gasteiger partial charge in [0.05, 0.1) is 12.0 Å². The summed E-state index contributed by atoms with van der Waals surface area (Å²) in [6, 6.07) is 0. The maximum absolute atomic E-state index is 14.3. The molecule has 0 spiro atoms. The molecule has 1 heterocycles. The fourth-order valence-corrected chi connectivity index (χ4v) is 2.58. The molecule has 1 aromatic rings. The molecule has 0 unspecified atom stereocenters. The number of amides is 1. The van der Waals surface area contributed by atoms with Crippen LogP contribution >= 0.6 is 0 Å². The van der Waals surface area contributed by atoms with E-state index in [4.69, 9.17) is 10.5 Å². The second-order valence-electron chi connectivity index (χ2n) is 6.54. The Balaban J connectivity index is 3.05. The molecule has 1 aromatic heterocycles. The molecule has 0 atom stereocenters. The number of anilines is 1. The van der Waals surface area contributed by atoms with Crippen LogP contribution in [0.3, 0.4) is 0 Å². The molecular formula is C22H31FN4O2. The molecule has 6 nitrogen and oxygen atoms in total. The number of nitrogens with one attached hydrogen (secondary N) is 1. The number of rotatable bonds is 9. The summed E-state index contributed by atoms with van der Waals surface area (Å²) in [7, 11) is 0. The summed E-state index contributed by atoms with van der Waals surface area (Å²) in [4.78, 5) is 21.2. The molecular weight excluding hydrogens is 371 g/mol. The molecule has 0 aliphatic rings. The van der Waals surface area contributed by atoms with Crippen molar-refractivity contribution >= 4 is 11.7 Å². The zero-order chi connectivity index (χ0) is 22.0. The van der Waals surface area contributed by atoms with Crippen molar-refractivity contribution in [1.29, 1.82) is 0 Å². The molecule has 158 valence electrons. The molecule has 1 rings (SSSR count). The van der Waals surface area contributed by atoms with Crippen LogP contribution in [0.2, 0.25) is 0 Å². The van der Waals surface area contributed by atoms with Crippen molar-refractivity contribution < 1.29 is 13.9 Å². The largest absolute Gasteiger partial charge is 0.495 e. The van der Waals surface area contributed by atoms with Crippen LogP contribution in [0.25, 0.3) is 0 Å². The van der Waals surface area contributed by atoms with Gasteiger partial charge in [-0.1, -0.05) is 24.6 Å². The van der Waals surface area contributed by atoms with Crippen molar-refractivity contribution in [3.63, 3.8) is 0 Å². The zero-order valence-corrected chi connectivity index (χ0v) is 18.1. The van der Waals surface area contributed by atoms with E-state index >= 15 is 0 Å². The third-order valence-corrected chi connectivity index (χ3v) is 4.46. The van der Waals surface area contributed by atoms with Crippen molar-refractivity contribution in [3.8, 4) is 0 Å². The summed E-state index contributed by atoms with van der Waals surface area (Å²) < 4.78 is 19.6. The Morgan fingerprint density at radius 1 is 1.24 bits per heavy atom. The van der Waals surface area contributed by atoms with Crippen molar-refractivity contribution in [3.05, 3.63) is 64.1 Å². The molecule has 0 radical (unpaired) electrons. The molecule has 0 aliphatic heterocycles. The minimum Gasteiger partial charge on any atom is -0.495 e. The Labute approximate surface area is 172 Å². The van der Waals surface area contributed by atoms with Crippen LogP contribution in [-0.2, 0) is 11.3 Å². The van der Waals surface area contributed by atoms with Crippen LogP contribution in [0.15, 0.2) is 47.0 Å². The fourth-order valence-electron chi connectivity index (χ4n) is 2.58. The molecule has 0 saturated carbocycles. The Morgan fingerprint density at radius 2 is 1.93 bits per heavy atom. The van der Waals surface area contributed by atoms with Gasteiger partial charge in [-0.05, 0) is 58.3 Å². The monoisotopic (exact) mass is 402 g/mol. The van der Waals surface area contributed by atoms with Gasteiger partial charge in [0, 0.05) is 6.54 Å². The predicted molar refractivity (Wildman–Crippen MR) is 115 cm³/mol. The van der Waals surface area contributed by atoms with E-state index in [1.54, 1.807) is 39.2 Å². The van der Waals surface area contributed by atoms with E-state index in [0.29, 0.717) is 17.0 Å². The predicted octanol–water partition coefficient (Wildman–Crippen LogP) is 4.69. The van der Waals surface area contributed by atoms with E-state index in [9.17, 15) is 9.18 Å². The number of ether oxygens (including phenoxy) is 1. The number of nitrogens with two attached hydrogens (primary N) is 1. The van der Waals surface area contributed by atoms with Gasteiger partial charge in [0.15, 0.2) is 11.5 Å². The first-order valence-electron chi connectivity index (χ1n) is 9.58. The zero-order valence-electron chi connectivity index (χ0n) is 18.1. The van der Waals surface area contributed by atoms with Crippen LogP contribution in [0, 0.1) is 6.92 Å². The Hall–Kier alpha value is -2.96. The highest BCUT2D eigenvalue weighted by molar-refractivity contribution is 5.96. The highest BCUT2D eigenvalue weighted by atomic mass is 19.1. The highest BCUT2D eigenvalue weighted by Crippen LogP contribution is 2.22. The summed E-state index contributed by atoms with van der Waals surface area (Å²) in [6.07, 6.45) is 7.09. The number of aromatic nitrogens is 2. The number of nitrogen functional groups attached to an aromatic ring is 1. The minimum atomic E-state index is -0.459. The van der Waals surface area contributed by atoms with Crippen molar-refractivity contribution in [2.45, 2.75) is 54.6 Å². The Kier molecular flexibility index (Phi) is 9.79. The second kappa shape index (κ2) is 11.8. The first-order chi connectivity index (χ1) is 13.8. The lowest BCUT2D eigenvalue weighted by atomic mass is 9.99. The molecule has 29 heavy (non-hydrogen) atoms. The summed E-state index contributed by atoms with van der Waals surface area (Å²) in [5.41, 5.74) is 9.34. The van der Waals surface area contributed by atoms with E-state index in [1.165, 1.54) is 6.08 Å². The van der Waals surface area contributed by atoms with Gasteiger partial charge in [0.25, 0.3) is 5.91 Å². The Morgan fingerprint density at radius 3 is 2.52 bits per heavy atom. The topological polar surface area (TPSA) is 90.1 Å². The summed E-state index contributed by atoms with van der Waals surface area (Å²) in [5, 5.41) is 2.79. The van der Waals surface area contributed by atoms with Gasteiger partial charge >= 0.3 is 0 Å². The summed E-state index contributed by atoms with van der Waals surface area (Å²) in [6.45, 7) is 11.3. The molecule has 7 heteroatoms. The Bertz CT molecular complexity index is 855. The fraction of sp³-hybridized carbons (Fsp3) is 0.409. The van der Waals surface area contributed by atoms with Crippen LogP contribution in [0.1, 0.15) is 62.9 Å².